The highest BCUT2D eigenvalue weighted by atomic mass is 16.5. The molecular weight excluding hydrogens is 344 g/mol. The normalized spacial score (nSPS) is 22.3. The van der Waals surface area contributed by atoms with Gasteiger partial charge in [-0.05, 0) is 47.1 Å². The van der Waals surface area contributed by atoms with E-state index in [9.17, 15) is 0 Å². The highest BCUT2D eigenvalue weighted by molar-refractivity contribution is 4.59. The van der Waals surface area contributed by atoms with Crippen LogP contribution in [0.5, 0.6) is 0 Å². The summed E-state index contributed by atoms with van der Waals surface area (Å²) in [6.07, 6.45) is 2.78. The van der Waals surface area contributed by atoms with E-state index in [0.29, 0.717) is 0 Å². The Balaban J connectivity index is 0.000000320. The SMILES string of the molecule is C1CCNC1.C1CNCCN1.C1COCCN1.CN1CCOCC1.CNC. The topological polar surface area (TPSA) is 81.8 Å². The third kappa shape index (κ3) is 23.6. The lowest BCUT2D eigenvalue weighted by molar-refractivity contribution is 0.0503. The molecule has 27 heavy (non-hydrogen) atoms. The molecule has 0 saturated carbocycles. The Morgan fingerprint density at radius 2 is 0.963 bits per heavy atom. The van der Waals surface area contributed by atoms with E-state index >= 15 is 0 Å². The Labute approximate surface area is 167 Å². The zero-order valence-corrected chi connectivity index (χ0v) is 18.1. The van der Waals surface area contributed by atoms with Gasteiger partial charge in [-0.15, -0.1) is 0 Å². The predicted octanol–water partition coefficient (Wildman–Crippen LogP) is -1.06. The first-order chi connectivity index (χ1) is 13.3. The number of morpholine rings is 2. The molecule has 0 aromatic carbocycles. The molecule has 0 bridgehead atoms. The molecule has 4 saturated heterocycles. The lowest BCUT2D eigenvalue weighted by atomic mass is 10.4. The standard InChI is InChI=1S/C5H11NO.C4H10N2.C4H9NO.C4H9N.C2H7N/c1-6-2-4-7-5-3-6;1-2-6-4-3-5-1;1-3-6-4-2-5-1;1-2-4-5-3-1;1-3-2/h2-5H2,1H3;5-6H,1-4H2;5H,1-4H2;5H,1-4H2;3H,1-2H3. The summed E-state index contributed by atoms with van der Waals surface area (Å²) >= 11 is 0. The summed E-state index contributed by atoms with van der Waals surface area (Å²) in [5.74, 6) is 0. The maximum Gasteiger partial charge on any atom is 0.0594 e. The van der Waals surface area contributed by atoms with Gasteiger partial charge in [-0.25, -0.2) is 0 Å². The Morgan fingerprint density at radius 3 is 1.15 bits per heavy atom. The van der Waals surface area contributed by atoms with Crippen molar-refractivity contribution in [2.45, 2.75) is 12.8 Å². The van der Waals surface area contributed by atoms with Crippen molar-refractivity contribution in [2.24, 2.45) is 0 Å². The first-order valence-corrected chi connectivity index (χ1v) is 10.6. The molecule has 0 spiro atoms. The summed E-state index contributed by atoms with van der Waals surface area (Å²) in [4.78, 5) is 2.27. The third-order valence-corrected chi connectivity index (χ3v) is 4.00. The van der Waals surface area contributed by atoms with Gasteiger partial charge in [0.15, 0.2) is 0 Å². The molecule has 0 aromatic rings. The van der Waals surface area contributed by atoms with Crippen LogP contribution in [0.25, 0.3) is 0 Å². The van der Waals surface area contributed by atoms with Gasteiger partial charge in [0.2, 0.25) is 0 Å². The fraction of sp³-hybridized carbons (Fsp3) is 1.00. The summed E-state index contributed by atoms with van der Waals surface area (Å²) in [5.41, 5.74) is 0. The van der Waals surface area contributed by atoms with Crippen LogP contribution in [0, 0.1) is 0 Å². The van der Waals surface area contributed by atoms with E-state index in [0.717, 1.165) is 78.8 Å². The molecule has 4 rings (SSSR count). The Bertz CT molecular complexity index is 214. The van der Waals surface area contributed by atoms with Crippen molar-refractivity contribution < 1.29 is 9.47 Å². The van der Waals surface area contributed by atoms with E-state index in [1.807, 2.05) is 14.1 Å². The number of hydrogen-bond donors (Lipinski definition) is 5. The summed E-state index contributed by atoms with van der Waals surface area (Å²) in [7, 11) is 5.86. The molecule has 0 amide bonds. The number of likely N-dealkylation sites (N-methyl/N-ethyl adjacent to an activating group) is 1. The molecule has 0 aliphatic carbocycles. The van der Waals surface area contributed by atoms with Crippen LogP contribution in [-0.2, 0) is 9.47 Å². The van der Waals surface area contributed by atoms with Gasteiger partial charge in [0.1, 0.15) is 0 Å². The number of nitrogens with one attached hydrogen (secondary N) is 5. The van der Waals surface area contributed by atoms with Crippen LogP contribution < -0.4 is 26.6 Å². The van der Waals surface area contributed by atoms with Crippen LogP contribution >= 0.6 is 0 Å². The van der Waals surface area contributed by atoms with Gasteiger partial charge >= 0.3 is 0 Å². The summed E-state index contributed by atoms with van der Waals surface area (Å²) in [5, 5.41) is 15.6. The number of nitrogens with zero attached hydrogens (tertiary/aromatic N) is 1. The summed E-state index contributed by atoms with van der Waals surface area (Å²) < 4.78 is 10.1. The second-order valence-electron chi connectivity index (χ2n) is 6.74. The zero-order chi connectivity index (χ0) is 19.8. The first kappa shape index (κ1) is 26.7. The van der Waals surface area contributed by atoms with Gasteiger partial charge in [-0.3, -0.25) is 0 Å². The average Bonchev–Trinajstić information content (AvgIpc) is 3.33. The van der Waals surface area contributed by atoms with Crippen LogP contribution in [0.3, 0.4) is 0 Å². The zero-order valence-electron chi connectivity index (χ0n) is 18.1. The molecule has 5 N–H and O–H groups in total. The number of piperazine rings is 1. The Morgan fingerprint density at radius 1 is 0.593 bits per heavy atom. The third-order valence-electron chi connectivity index (χ3n) is 4.00. The summed E-state index contributed by atoms with van der Waals surface area (Å²) in [6, 6.07) is 0. The van der Waals surface area contributed by atoms with E-state index < -0.39 is 0 Å². The van der Waals surface area contributed by atoms with Crippen LogP contribution in [-0.4, -0.2) is 118 Å². The molecule has 0 unspecified atom stereocenters. The number of rotatable bonds is 0. The molecule has 4 heterocycles. The minimum atomic E-state index is 0.889. The van der Waals surface area contributed by atoms with Gasteiger partial charge in [-0.2, -0.15) is 0 Å². The van der Waals surface area contributed by atoms with Gasteiger partial charge in [0, 0.05) is 52.4 Å². The molecule has 4 aliphatic heterocycles. The van der Waals surface area contributed by atoms with Crippen molar-refractivity contribution in [3.05, 3.63) is 0 Å². The van der Waals surface area contributed by atoms with Crippen LogP contribution in [0.1, 0.15) is 12.8 Å². The Hall–Kier alpha value is -0.320. The van der Waals surface area contributed by atoms with Crippen molar-refractivity contribution >= 4 is 0 Å². The van der Waals surface area contributed by atoms with Crippen molar-refractivity contribution in [2.75, 3.05) is 113 Å². The lowest BCUT2D eigenvalue weighted by Crippen LogP contribution is -2.39. The smallest absolute Gasteiger partial charge is 0.0594 e. The van der Waals surface area contributed by atoms with E-state index in [1.54, 1.807) is 0 Å². The minimum absolute atomic E-state index is 0.889. The molecule has 0 aromatic heterocycles. The molecular formula is C19H46N6O2. The largest absolute Gasteiger partial charge is 0.379 e. The molecule has 8 heteroatoms. The van der Waals surface area contributed by atoms with Gasteiger partial charge in [-0.1, -0.05) is 0 Å². The maximum atomic E-state index is 5.10. The molecule has 4 aliphatic rings. The van der Waals surface area contributed by atoms with E-state index in [-0.39, 0.29) is 0 Å². The molecule has 0 radical (unpaired) electrons. The first-order valence-electron chi connectivity index (χ1n) is 10.6. The van der Waals surface area contributed by atoms with Crippen molar-refractivity contribution in [1.29, 1.82) is 0 Å². The minimum Gasteiger partial charge on any atom is -0.379 e. The summed E-state index contributed by atoms with van der Waals surface area (Å²) in [6.45, 7) is 14.9. The van der Waals surface area contributed by atoms with Crippen molar-refractivity contribution in [3.63, 3.8) is 0 Å². The predicted molar refractivity (Wildman–Crippen MR) is 115 cm³/mol. The van der Waals surface area contributed by atoms with Crippen LogP contribution in [0.2, 0.25) is 0 Å². The van der Waals surface area contributed by atoms with Crippen molar-refractivity contribution in [1.82, 2.24) is 31.5 Å². The molecule has 8 nitrogen and oxygen atoms in total. The van der Waals surface area contributed by atoms with Gasteiger partial charge in [0.05, 0.1) is 26.4 Å². The van der Waals surface area contributed by atoms with Gasteiger partial charge in [0.25, 0.3) is 0 Å². The number of hydrogen-bond acceptors (Lipinski definition) is 8. The van der Waals surface area contributed by atoms with Crippen molar-refractivity contribution in [3.8, 4) is 0 Å². The Kier molecular flexibility index (Phi) is 23.4. The average molecular weight is 391 g/mol. The maximum absolute atomic E-state index is 5.10. The monoisotopic (exact) mass is 390 g/mol. The molecule has 0 atom stereocenters. The highest BCUT2D eigenvalue weighted by Crippen LogP contribution is 1.90. The second-order valence-corrected chi connectivity index (χ2v) is 6.74. The quantitative estimate of drug-likeness (QED) is 0.358. The lowest BCUT2D eigenvalue weighted by Gasteiger charge is -2.21. The van der Waals surface area contributed by atoms with E-state index in [2.05, 4.69) is 38.5 Å². The number of ether oxygens (including phenoxy) is 2. The van der Waals surface area contributed by atoms with E-state index in [4.69, 9.17) is 9.47 Å². The molecule has 164 valence electrons. The highest BCUT2D eigenvalue weighted by Gasteiger charge is 2.02. The second kappa shape index (κ2) is 23.7. The van der Waals surface area contributed by atoms with E-state index in [1.165, 1.54) is 25.9 Å². The van der Waals surface area contributed by atoms with Gasteiger partial charge < -0.3 is 41.0 Å². The van der Waals surface area contributed by atoms with Crippen LogP contribution in [0.4, 0.5) is 0 Å². The fourth-order valence-corrected chi connectivity index (χ4v) is 2.40. The molecule has 4 fully saturated rings. The van der Waals surface area contributed by atoms with Crippen LogP contribution in [0.15, 0.2) is 0 Å². The fourth-order valence-electron chi connectivity index (χ4n) is 2.40.